The molecule has 0 radical (unpaired) electrons. The number of hydrogen-bond acceptors (Lipinski definition) is 5. The third kappa shape index (κ3) is 3.85. The molecule has 3 fully saturated rings. The summed E-state index contributed by atoms with van der Waals surface area (Å²) in [5.74, 6) is 0.0701. The Kier molecular flexibility index (Phi) is 5.52. The van der Waals surface area contributed by atoms with Crippen molar-refractivity contribution in [2.45, 2.75) is 25.7 Å². The molecule has 0 atom stereocenters. The van der Waals surface area contributed by atoms with Crippen molar-refractivity contribution in [1.29, 1.82) is 5.26 Å². The SMILES string of the molecule is N#CC1(C(=O)N2CCN(CCN3CCCC3)CC2)CCNCC1. The Bertz CT molecular complexity index is 440. The highest BCUT2D eigenvalue weighted by molar-refractivity contribution is 5.85. The van der Waals surface area contributed by atoms with Gasteiger partial charge in [-0.2, -0.15) is 5.26 Å². The zero-order valence-corrected chi connectivity index (χ0v) is 14.1. The van der Waals surface area contributed by atoms with Gasteiger partial charge in [-0.1, -0.05) is 0 Å². The fourth-order valence-electron chi connectivity index (χ4n) is 3.99. The molecule has 23 heavy (non-hydrogen) atoms. The number of nitriles is 1. The van der Waals surface area contributed by atoms with Gasteiger partial charge < -0.3 is 15.1 Å². The van der Waals surface area contributed by atoms with Crippen molar-refractivity contribution in [3.63, 3.8) is 0 Å². The van der Waals surface area contributed by atoms with Gasteiger partial charge in [0.1, 0.15) is 5.41 Å². The summed E-state index contributed by atoms with van der Waals surface area (Å²) in [7, 11) is 0. The van der Waals surface area contributed by atoms with Crippen molar-refractivity contribution in [2.75, 3.05) is 65.4 Å². The van der Waals surface area contributed by atoms with E-state index in [9.17, 15) is 10.1 Å². The van der Waals surface area contributed by atoms with E-state index in [0.717, 1.165) is 52.4 Å². The molecule has 0 saturated carbocycles. The van der Waals surface area contributed by atoms with Crippen LogP contribution in [-0.2, 0) is 4.79 Å². The molecule has 1 N–H and O–H groups in total. The lowest BCUT2D eigenvalue weighted by atomic mass is 9.79. The largest absolute Gasteiger partial charge is 0.339 e. The van der Waals surface area contributed by atoms with Gasteiger partial charge in [-0.05, 0) is 51.9 Å². The summed E-state index contributed by atoms with van der Waals surface area (Å²) in [5.41, 5.74) is -0.775. The van der Waals surface area contributed by atoms with E-state index in [2.05, 4.69) is 21.2 Å². The predicted octanol–water partition coefficient (Wildman–Crippen LogP) is 0.120. The van der Waals surface area contributed by atoms with Crippen LogP contribution in [0.15, 0.2) is 0 Å². The van der Waals surface area contributed by atoms with Crippen LogP contribution >= 0.6 is 0 Å². The summed E-state index contributed by atoms with van der Waals surface area (Å²) in [6.45, 7) is 9.74. The molecule has 0 aromatic carbocycles. The van der Waals surface area contributed by atoms with E-state index < -0.39 is 5.41 Å². The first-order valence-electron chi connectivity index (χ1n) is 9.10. The fraction of sp³-hybridized carbons (Fsp3) is 0.882. The number of carbonyl (C=O) groups is 1. The summed E-state index contributed by atoms with van der Waals surface area (Å²) >= 11 is 0. The average Bonchev–Trinajstić information content (AvgIpc) is 3.14. The molecule has 3 aliphatic heterocycles. The van der Waals surface area contributed by atoms with Gasteiger partial charge in [-0.25, -0.2) is 0 Å². The first-order chi connectivity index (χ1) is 11.2. The summed E-state index contributed by atoms with van der Waals surface area (Å²) in [6, 6.07) is 2.34. The lowest BCUT2D eigenvalue weighted by Gasteiger charge is -2.40. The Morgan fingerprint density at radius 3 is 2.09 bits per heavy atom. The highest BCUT2D eigenvalue weighted by Crippen LogP contribution is 2.30. The third-order valence-electron chi connectivity index (χ3n) is 5.67. The lowest BCUT2D eigenvalue weighted by Crippen LogP contribution is -2.55. The van der Waals surface area contributed by atoms with Crippen LogP contribution < -0.4 is 5.32 Å². The standard InChI is InChI=1S/C17H29N5O/c18-15-17(3-5-19-6-4-17)16(23)22-13-11-21(12-14-22)10-9-20-7-1-2-8-20/h19H,1-14H2. The summed E-state index contributed by atoms with van der Waals surface area (Å²) in [6.07, 6.45) is 3.98. The van der Waals surface area contributed by atoms with Crippen LogP contribution in [0.2, 0.25) is 0 Å². The molecule has 128 valence electrons. The molecule has 0 spiro atoms. The van der Waals surface area contributed by atoms with Gasteiger partial charge in [0.05, 0.1) is 6.07 Å². The number of piperidine rings is 1. The van der Waals surface area contributed by atoms with Crippen molar-refractivity contribution in [3.8, 4) is 6.07 Å². The van der Waals surface area contributed by atoms with Gasteiger partial charge >= 0.3 is 0 Å². The number of nitrogens with zero attached hydrogens (tertiary/aromatic N) is 4. The maximum atomic E-state index is 12.8. The minimum Gasteiger partial charge on any atom is -0.339 e. The molecule has 6 nitrogen and oxygen atoms in total. The summed E-state index contributed by atoms with van der Waals surface area (Å²) in [5, 5.41) is 12.8. The van der Waals surface area contributed by atoms with E-state index in [0.29, 0.717) is 12.8 Å². The highest BCUT2D eigenvalue weighted by Gasteiger charge is 2.43. The number of rotatable bonds is 4. The molecular weight excluding hydrogens is 290 g/mol. The van der Waals surface area contributed by atoms with Gasteiger partial charge in [0.2, 0.25) is 5.91 Å². The zero-order valence-electron chi connectivity index (χ0n) is 14.1. The summed E-state index contributed by atoms with van der Waals surface area (Å²) in [4.78, 5) is 19.8. The molecular formula is C17H29N5O. The predicted molar refractivity (Wildman–Crippen MR) is 88.8 cm³/mol. The smallest absolute Gasteiger partial charge is 0.243 e. The minimum absolute atomic E-state index is 0.0701. The van der Waals surface area contributed by atoms with Crippen LogP contribution in [0.3, 0.4) is 0 Å². The van der Waals surface area contributed by atoms with Crippen LogP contribution in [-0.4, -0.2) is 86.1 Å². The number of amides is 1. The summed E-state index contributed by atoms with van der Waals surface area (Å²) < 4.78 is 0. The molecule has 0 unspecified atom stereocenters. The van der Waals surface area contributed by atoms with E-state index in [1.165, 1.54) is 25.9 Å². The molecule has 3 aliphatic rings. The Hall–Kier alpha value is -1.16. The van der Waals surface area contributed by atoms with Gasteiger partial charge in [-0.15, -0.1) is 0 Å². The van der Waals surface area contributed by atoms with Crippen molar-refractivity contribution in [2.24, 2.45) is 5.41 Å². The second-order valence-electron chi connectivity index (χ2n) is 7.13. The maximum absolute atomic E-state index is 12.8. The van der Waals surface area contributed by atoms with E-state index in [-0.39, 0.29) is 5.91 Å². The number of carbonyl (C=O) groups excluding carboxylic acids is 1. The Morgan fingerprint density at radius 1 is 0.957 bits per heavy atom. The van der Waals surface area contributed by atoms with Gasteiger partial charge in [-0.3, -0.25) is 9.69 Å². The van der Waals surface area contributed by atoms with E-state index in [4.69, 9.17) is 0 Å². The molecule has 3 rings (SSSR count). The molecule has 0 bridgehead atoms. The van der Waals surface area contributed by atoms with E-state index in [1.807, 2.05) is 4.90 Å². The second kappa shape index (κ2) is 7.61. The van der Waals surface area contributed by atoms with Crippen molar-refractivity contribution in [3.05, 3.63) is 0 Å². The molecule has 3 heterocycles. The molecule has 3 saturated heterocycles. The maximum Gasteiger partial charge on any atom is 0.243 e. The van der Waals surface area contributed by atoms with E-state index >= 15 is 0 Å². The van der Waals surface area contributed by atoms with Gasteiger partial charge in [0.25, 0.3) is 0 Å². The topological polar surface area (TPSA) is 62.6 Å². The first kappa shape index (κ1) is 16.7. The Labute approximate surface area is 139 Å². The highest BCUT2D eigenvalue weighted by atomic mass is 16.2. The Morgan fingerprint density at radius 2 is 1.52 bits per heavy atom. The number of hydrogen-bond donors (Lipinski definition) is 1. The zero-order chi connectivity index (χ0) is 16.1. The molecule has 0 aliphatic carbocycles. The lowest BCUT2D eigenvalue weighted by molar-refractivity contribution is -0.142. The third-order valence-corrected chi connectivity index (χ3v) is 5.67. The molecule has 1 amide bonds. The quantitative estimate of drug-likeness (QED) is 0.797. The van der Waals surface area contributed by atoms with Crippen molar-refractivity contribution >= 4 is 5.91 Å². The molecule has 6 heteroatoms. The van der Waals surface area contributed by atoms with Gasteiger partial charge in [0, 0.05) is 39.3 Å². The Balaban J connectivity index is 1.46. The van der Waals surface area contributed by atoms with Gasteiger partial charge in [0.15, 0.2) is 0 Å². The number of nitrogens with one attached hydrogen (secondary N) is 1. The van der Waals surface area contributed by atoms with E-state index in [1.54, 1.807) is 0 Å². The second-order valence-corrected chi connectivity index (χ2v) is 7.13. The monoisotopic (exact) mass is 319 g/mol. The van der Waals surface area contributed by atoms with Crippen LogP contribution in [0.4, 0.5) is 0 Å². The van der Waals surface area contributed by atoms with Crippen molar-refractivity contribution in [1.82, 2.24) is 20.0 Å². The normalized spacial score (nSPS) is 26.1. The van der Waals surface area contributed by atoms with Crippen LogP contribution in [0, 0.1) is 16.7 Å². The fourth-order valence-corrected chi connectivity index (χ4v) is 3.99. The van der Waals surface area contributed by atoms with Crippen LogP contribution in [0.25, 0.3) is 0 Å². The van der Waals surface area contributed by atoms with Crippen LogP contribution in [0.1, 0.15) is 25.7 Å². The first-order valence-corrected chi connectivity index (χ1v) is 9.10. The number of likely N-dealkylation sites (tertiary alicyclic amines) is 1. The minimum atomic E-state index is -0.775. The average molecular weight is 319 g/mol. The number of piperazine rings is 1. The van der Waals surface area contributed by atoms with Crippen LogP contribution in [0.5, 0.6) is 0 Å². The molecule has 0 aromatic rings. The van der Waals surface area contributed by atoms with Crippen molar-refractivity contribution < 1.29 is 4.79 Å². The molecule has 0 aromatic heterocycles.